The van der Waals surface area contributed by atoms with Crippen LogP contribution in [-0.2, 0) is 13.5 Å². The van der Waals surface area contributed by atoms with Crippen LogP contribution in [0.25, 0.3) is 0 Å². The number of piperidine rings is 1. The minimum absolute atomic E-state index is 0.214. The highest BCUT2D eigenvalue weighted by Gasteiger charge is 2.33. The Bertz CT molecular complexity index is 466. The fourth-order valence-electron chi connectivity index (χ4n) is 3.14. The van der Waals surface area contributed by atoms with Gasteiger partial charge in [0.1, 0.15) is 5.82 Å². The molecule has 0 aliphatic carbocycles. The average Bonchev–Trinajstić information content (AvgIpc) is 3.04. The standard InChI is InChI=1S/C14H23N5O/c1-17-9-7-16-13(17)4-8-18-10-11-19(14(18)20)12-2-5-15-6-3-12/h7,9,12,15H,2-6,8,10-11H2,1H3. The minimum Gasteiger partial charge on any atom is -0.338 e. The first-order chi connectivity index (χ1) is 9.75. The van der Waals surface area contributed by atoms with Crippen LogP contribution in [-0.4, -0.2) is 64.1 Å². The number of amides is 2. The van der Waals surface area contributed by atoms with Crippen molar-refractivity contribution >= 4 is 6.03 Å². The summed E-state index contributed by atoms with van der Waals surface area (Å²) < 4.78 is 2.02. The molecule has 6 heteroatoms. The molecule has 1 aromatic rings. The van der Waals surface area contributed by atoms with Crippen molar-refractivity contribution in [2.45, 2.75) is 25.3 Å². The van der Waals surface area contributed by atoms with Gasteiger partial charge in [0.05, 0.1) is 0 Å². The largest absolute Gasteiger partial charge is 0.338 e. The van der Waals surface area contributed by atoms with Crippen LogP contribution in [0, 0.1) is 0 Å². The number of carbonyl (C=O) groups is 1. The van der Waals surface area contributed by atoms with Gasteiger partial charge in [-0.05, 0) is 25.9 Å². The van der Waals surface area contributed by atoms with E-state index in [1.54, 1.807) is 0 Å². The molecule has 0 spiro atoms. The van der Waals surface area contributed by atoms with Gasteiger partial charge in [-0.25, -0.2) is 9.78 Å². The fraction of sp³-hybridized carbons (Fsp3) is 0.714. The molecule has 2 saturated heterocycles. The molecule has 6 nitrogen and oxygen atoms in total. The summed E-state index contributed by atoms with van der Waals surface area (Å²) in [5.74, 6) is 1.04. The highest BCUT2D eigenvalue weighted by atomic mass is 16.2. The lowest BCUT2D eigenvalue weighted by Gasteiger charge is -2.31. The molecule has 3 rings (SSSR count). The summed E-state index contributed by atoms with van der Waals surface area (Å²) in [6.07, 6.45) is 6.75. The van der Waals surface area contributed by atoms with Crippen LogP contribution in [0.5, 0.6) is 0 Å². The normalized spacial score (nSPS) is 20.9. The molecule has 1 aromatic heterocycles. The van der Waals surface area contributed by atoms with E-state index in [2.05, 4.69) is 15.2 Å². The number of urea groups is 1. The van der Waals surface area contributed by atoms with E-state index in [0.717, 1.165) is 57.8 Å². The van der Waals surface area contributed by atoms with E-state index < -0.39 is 0 Å². The molecule has 0 bridgehead atoms. The summed E-state index contributed by atoms with van der Waals surface area (Å²) >= 11 is 0. The van der Waals surface area contributed by atoms with E-state index in [-0.39, 0.29) is 6.03 Å². The van der Waals surface area contributed by atoms with Crippen LogP contribution in [0.15, 0.2) is 12.4 Å². The van der Waals surface area contributed by atoms with Crippen LogP contribution < -0.4 is 5.32 Å². The summed E-state index contributed by atoms with van der Waals surface area (Å²) in [5.41, 5.74) is 0. The minimum atomic E-state index is 0.214. The number of hydrogen-bond donors (Lipinski definition) is 1. The maximum absolute atomic E-state index is 12.5. The molecule has 2 fully saturated rings. The first-order valence-corrected chi connectivity index (χ1v) is 7.48. The average molecular weight is 277 g/mol. The van der Waals surface area contributed by atoms with Crippen molar-refractivity contribution in [3.8, 4) is 0 Å². The molecular formula is C14H23N5O. The zero-order chi connectivity index (χ0) is 13.9. The number of nitrogens with zero attached hydrogens (tertiary/aromatic N) is 4. The summed E-state index contributed by atoms with van der Waals surface area (Å²) in [6, 6.07) is 0.646. The van der Waals surface area contributed by atoms with Gasteiger partial charge in [-0.1, -0.05) is 0 Å². The fourth-order valence-corrected chi connectivity index (χ4v) is 3.14. The molecule has 0 aromatic carbocycles. The van der Waals surface area contributed by atoms with E-state index >= 15 is 0 Å². The SMILES string of the molecule is Cn1ccnc1CCN1CCN(C2CCNCC2)C1=O. The predicted molar refractivity (Wildman–Crippen MR) is 76.5 cm³/mol. The van der Waals surface area contributed by atoms with Crippen molar-refractivity contribution in [2.75, 3.05) is 32.7 Å². The summed E-state index contributed by atoms with van der Waals surface area (Å²) in [7, 11) is 2.00. The van der Waals surface area contributed by atoms with E-state index in [0.29, 0.717) is 6.04 Å². The third-order valence-electron chi connectivity index (χ3n) is 4.40. The van der Waals surface area contributed by atoms with Gasteiger partial charge in [0.2, 0.25) is 0 Å². The monoisotopic (exact) mass is 277 g/mol. The lowest BCUT2D eigenvalue weighted by atomic mass is 10.1. The zero-order valence-electron chi connectivity index (χ0n) is 12.1. The van der Waals surface area contributed by atoms with E-state index in [9.17, 15) is 4.79 Å². The smallest absolute Gasteiger partial charge is 0.320 e. The highest BCUT2D eigenvalue weighted by molar-refractivity contribution is 5.76. The second-order valence-electron chi connectivity index (χ2n) is 5.65. The number of nitrogens with one attached hydrogen (secondary N) is 1. The topological polar surface area (TPSA) is 53.4 Å². The van der Waals surface area contributed by atoms with Crippen LogP contribution in [0.3, 0.4) is 0 Å². The molecule has 20 heavy (non-hydrogen) atoms. The number of hydrogen-bond acceptors (Lipinski definition) is 3. The lowest BCUT2D eigenvalue weighted by molar-refractivity contribution is 0.166. The molecule has 0 atom stereocenters. The number of rotatable bonds is 4. The molecule has 110 valence electrons. The Morgan fingerprint density at radius 1 is 1.35 bits per heavy atom. The number of imidazole rings is 1. The Hall–Kier alpha value is -1.56. The van der Waals surface area contributed by atoms with Gasteiger partial charge in [0, 0.05) is 51.5 Å². The molecule has 0 saturated carbocycles. The Morgan fingerprint density at radius 2 is 2.15 bits per heavy atom. The van der Waals surface area contributed by atoms with E-state index in [4.69, 9.17) is 0 Å². The third kappa shape index (κ3) is 2.65. The van der Waals surface area contributed by atoms with Gasteiger partial charge in [0.25, 0.3) is 0 Å². The molecule has 2 amide bonds. The Kier molecular flexibility index (Phi) is 3.91. The number of carbonyl (C=O) groups excluding carboxylic acids is 1. The molecule has 0 unspecified atom stereocenters. The summed E-state index contributed by atoms with van der Waals surface area (Å²) in [4.78, 5) is 20.8. The van der Waals surface area contributed by atoms with Crippen LogP contribution >= 0.6 is 0 Å². The second kappa shape index (κ2) is 5.83. The van der Waals surface area contributed by atoms with Crippen molar-refractivity contribution in [1.29, 1.82) is 0 Å². The predicted octanol–water partition coefficient (Wildman–Crippen LogP) is 0.452. The summed E-state index contributed by atoms with van der Waals surface area (Å²) in [6.45, 7) is 4.56. The second-order valence-corrected chi connectivity index (χ2v) is 5.65. The van der Waals surface area contributed by atoms with Crippen molar-refractivity contribution in [3.05, 3.63) is 18.2 Å². The van der Waals surface area contributed by atoms with Crippen LogP contribution in [0.1, 0.15) is 18.7 Å². The third-order valence-corrected chi connectivity index (χ3v) is 4.40. The van der Waals surface area contributed by atoms with E-state index in [1.165, 1.54) is 0 Å². The molecule has 3 heterocycles. The van der Waals surface area contributed by atoms with Crippen LogP contribution in [0.2, 0.25) is 0 Å². The first-order valence-electron chi connectivity index (χ1n) is 7.48. The maximum Gasteiger partial charge on any atom is 0.320 e. The van der Waals surface area contributed by atoms with Crippen molar-refractivity contribution < 1.29 is 4.79 Å². The zero-order valence-corrected chi connectivity index (χ0v) is 12.1. The van der Waals surface area contributed by atoms with Gasteiger partial charge < -0.3 is 19.7 Å². The van der Waals surface area contributed by atoms with Crippen molar-refractivity contribution in [3.63, 3.8) is 0 Å². The summed E-state index contributed by atoms with van der Waals surface area (Å²) in [5, 5.41) is 3.35. The van der Waals surface area contributed by atoms with Crippen LogP contribution in [0.4, 0.5) is 4.79 Å². The maximum atomic E-state index is 12.5. The van der Waals surface area contributed by atoms with Gasteiger partial charge in [0.15, 0.2) is 0 Å². The van der Waals surface area contributed by atoms with Gasteiger partial charge >= 0.3 is 6.03 Å². The molecule has 2 aliphatic heterocycles. The van der Waals surface area contributed by atoms with E-state index in [1.807, 2.05) is 28.9 Å². The quantitative estimate of drug-likeness (QED) is 0.869. The molecule has 1 N–H and O–H groups in total. The first kappa shape index (κ1) is 13.4. The Labute approximate surface area is 119 Å². The lowest BCUT2D eigenvalue weighted by Crippen LogP contribution is -2.45. The number of aryl methyl sites for hydroxylation is 1. The molecule has 0 radical (unpaired) electrons. The Morgan fingerprint density at radius 3 is 2.85 bits per heavy atom. The number of aromatic nitrogens is 2. The Balaban J connectivity index is 1.54. The van der Waals surface area contributed by atoms with Gasteiger partial charge in [-0.3, -0.25) is 0 Å². The van der Waals surface area contributed by atoms with Gasteiger partial charge in [-0.15, -0.1) is 0 Å². The molecular weight excluding hydrogens is 254 g/mol. The van der Waals surface area contributed by atoms with Crippen molar-refractivity contribution in [1.82, 2.24) is 24.7 Å². The van der Waals surface area contributed by atoms with Gasteiger partial charge in [-0.2, -0.15) is 0 Å². The van der Waals surface area contributed by atoms with Crippen molar-refractivity contribution in [2.24, 2.45) is 7.05 Å². The highest BCUT2D eigenvalue weighted by Crippen LogP contribution is 2.18. The molecule has 2 aliphatic rings.